The Balaban J connectivity index is 2.15. The first-order valence-electron chi connectivity index (χ1n) is 7.23. The molecular formula is C16H23N3S. The predicted octanol–water partition coefficient (Wildman–Crippen LogP) is 4.41. The molecule has 0 saturated carbocycles. The summed E-state index contributed by atoms with van der Waals surface area (Å²) in [5, 5.41) is 9.78. The zero-order valence-corrected chi connectivity index (χ0v) is 13.6. The molecule has 0 saturated heterocycles. The van der Waals surface area contributed by atoms with E-state index >= 15 is 0 Å². The second kappa shape index (κ2) is 6.93. The zero-order chi connectivity index (χ0) is 14.5. The van der Waals surface area contributed by atoms with E-state index in [1.165, 1.54) is 11.1 Å². The second-order valence-electron chi connectivity index (χ2n) is 5.36. The number of hydrogen-bond acceptors (Lipinski definition) is 3. The number of rotatable bonds is 6. The van der Waals surface area contributed by atoms with E-state index in [2.05, 4.69) is 66.7 Å². The Morgan fingerprint density at radius 1 is 1.20 bits per heavy atom. The summed E-state index contributed by atoms with van der Waals surface area (Å²) in [6.45, 7) is 9.70. The van der Waals surface area contributed by atoms with E-state index in [1.54, 1.807) is 11.8 Å². The van der Waals surface area contributed by atoms with Crippen molar-refractivity contribution < 1.29 is 0 Å². The molecule has 0 unspecified atom stereocenters. The first-order valence-corrected chi connectivity index (χ1v) is 8.22. The highest BCUT2D eigenvalue weighted by molar-refractivity contribution is 7.98. The van der Waals surface area contributed by atoms with Crippen molar-refractivity contribution in [3.05, 3.63) is 41.2 Å². The second-order valence-corrected chi connectivity index (χ2v) is 6.30. The van der Waals surface area contributed by atoms with Crippen molar-refractivity contribution in [3.63, 3.8) is 0 Å². The molecule has 0 spiro atoms. The topological polar surface area (TPSA) is 30.7 Å². The highest BCUT2D eigenvalue weighted by Gasteiger charge is 2.14. The number of hydrogen-bond donors (Lipinski definition) is 0. The third-order valence-electron chi connectivity index (χ3n) is 3.33. The molecule has 108 valence electrons. The van der Waals surface area contributed by atoms with E-state index in [0.29, 0.717) is 5.92 Å². The minimum absolute atomic E-state index is 0.418. The molecular weight excluding hydrogens is 266 g/mol. The molecule has 0 aliphatic rings. The van der Waals surface area contributed by atoms with E-state index < -0.39 is 0 Å². The van der Waals surface area contributed by atoms with Gasteiger partial charge in [0.05, 0.1) is 0 Å². The lowest BCUT2D eigenvalue weighted by Crippen LogP contribution is -2.06. The molecule has 0 atom stereocenters. The van der Waals surface area contributed by atoms with E-state index in [9.17, 15) is 0 Å². The van der Waals surface area contributed by atoms with Crippen LogP contribution < -0.4 is 0 Å². The fourth-order valence-corrected chi connectivity index (χ4v) is 3.23. The third kappa shape index (κ3) is 3.42. The molecule has 0 aliphatic heterocycles. The van der Waals surface area contributed by atoms with Crippen LogP contribution >= 0.6 is 11.8 Å². The van der Waals surface area contributed by atoms with Crippen molar-refractivity contribution in [1.82, 2.24) is 14.8 Å². The van der Waals surface area contributed by atoms with Gasteiger partial charge in [0.25, 0.3) is 0 Å². The minimum Gasteiger partial charge on any atom is -0.306 e. The fourth-order valence-electron chi connectivity index (χ4n) is 2.18. The van der Waals surface area contributed by atoms with Gasteiger partial charge in [-0.15, -0.1) is 10.2 Å². The van der Waals surface area contributed by atoms with Crippen molar-refractivity contribution in [2.45, 2.75) is 57.5 Å². The fraction of sp³-hybridized carbons (Fsp3) is 0.500. The summed E-state index contributed by atoms with van der Waals surface area (Å²) < 4.78 is 2.27. The van der Waals surface area contributed by atoms with E-state index in [0.717, 1.165) is 29.7 Å². The van der Waals surface area contributed by atoms with Crippen LogP contribution in [0.1, 0.15) is 50.1 Å². The van der Waals surface area contributed by atoms with Crippen LogP contribution in [-0.4, -0.2) is 14.8 Å². The normalized spacial score (nSPS) is 11.2. The van der Waals surface area contributed by atoms with E-state index in [4.69, 9.17) is 0 Å². The zero-order valence-electron chi connectivity index (χ0n) is 12.8. The van der Waals surface area contributed by atoms with Gasteiger partial charge in [-0.2, -0.15) is 0 Å². The van der Waals surface area contributed by atoms with Gasteiger partial charge in [-0.1, -0.05) is 56.8 Å². The Hall–Kier alpha value is -1.29. The number of benzene rings is 1. The Morgan fingerprint density at radius 3 is 2.60 bits per heavy atom. The van der Waals surface area contributed by atoms with Crippen LogP contribution in [0.5, 0.6) is 0 Å². The quantitative estimate of drug-likeness (QED) is 0.738. The summed E-state index contributed by atoms with van der Waals surface area (Å²) in [5.74, 6) is 2.47. The van der Waals surface area contributed by atoms with Crippen LogP contribution in [0, 0.1) is 6.92 Å². The molecule has 1 aromatic carbocycles. The van der Waals surface area contributed by atoms with E-state index in [-0.39, 0.29) is 0 Å². The maximum atomic E-state index is 4.38. The molecule has 0 N–H and O–H groups in total. The molecule has 1 heterocycles. The van der Waals surface area contributed by atoms with Gasteiger partial charge in [-0.3, -0.25) is 0 Å². The smallest absolute Gasteiger partial charge is 0.191 e. The molecule has 0 radical (unpaired) electrons. The van der Waals surface area contributed by atoms with Crippen LogP contribution in [0.25, 0.3) is 0 Å². The van der Waals surface area contributed by atoms with Gasteiger partial charge >= 0.3 is 0 Å². The monoisotopic (exact) mass is 289 g/mol. The van der Waals surface area contributed by atoms with Gasteiger partial charge in [-0.05, 0) is 24.5 Å². The Bertz CT molecular complexity index is 561. The summed E-state index contributed by atoms with van der Waals surface area (Å²) in [5.41, 5.74) is 2.71. The highest BCUT2D eigenvalue weighted by atomic mass is 32.2. The Kier molecular flexibility index (Phi) is 5.24. The molecule has 20 heavy (non-hydrogen) atoms. The van der Waals surface area contributed by atoms with Gasteiger partial charge < -0.3 is 4.57 Å². The molecule has 0 amide bonds. The predicted molar refractivity (Wildman–Crippen MR) is 85.1 cm³/mol. The average Bonchev–Trinajstić information content (AvgIpc) is 2.82. The van der Waals surface area contributed by atoms with Crippen molar-refractivity contribution >= 4 is 11.8 Å². The molecule has 2 rings (SSSR count). The lowest BCUT2D eigenvalue weighted by molar-refractivity contribution is 0.572. The van der Waals surface area contributed by atoms with Crippen molar-refractivity contribution in [3.8, 4) is 0 Å². The van der Waals surface area contributed by atoms with Gasteiger partial charge in [0.15, 0.2) is 5.16 Å². The molecule has 3 nitrogen and oxygen atoms in total. The Morgan fingerprint density at radius 2 is 1.95 bits per heavy atom. The summed E-state index contributed by atoms with van der Waals surface area (Å²) >= 11 is 1.78. The summed E-state index contributed by atoms with van der Waals surface area (Å²) in [6, 6.07) is 8.53. The van der Waals surface area contributed by atoms with Gasteiger partial charge in [0, 0.05) is 18.2 Å². The van der Waals surface area contributed by atoms with Crippen LogP contribution in [0.15, 0.2) is 29.4 Å². The Labute approximate surface area is 125 Å². The van der Waals surface area contributed by atoms with Crippen LogP contribution in [0.3, 0.4) is 0 Å². The first kappa shape index (κ1) is 15.1. The standard InChI is InChI=1S/C16H23N3S/c1-5-10-19-15(12(2)3)17-18-16(19)20-11-14-9-7-6-8-13(14)4/h6-9,12H,5,10-11H2,1-4H3. The first-order chi connectivity index (χ1) is 9.63. The lowest BCUT2D eigenvalue weighted by atomic mass is 10.1. The van der Waals surface area contributed by atoms with E-state index in [1.807, 2.05) is 0 Å². The largest absolute Gasteiger partial charge is 0.306 e. The average molecular weight is 289 g/mol. The molecule has 1 aromatic heterocycles. The molecule has 0 aliphatic carbocycles. The molecule has 0 fully saturated rings. The van der Waals surface area contributed by atoms with Crippen molar-refractivity contribution in [1.29, 1.82) is 0 Å². The molecule has 0 bridgehead atoms. The number of aromatic nitrogens is 3. The third-order valence-corrected chi connectivity index (χ3v) is 4.34. The van der Waals surface area contributed by atoms with Gasteiger partial charge in [0.1, 0.15) is 5.82 Å². The summed E-state index contributed by atoms with van der Waals surface area (Å²) in [7, 11) is 0. The molecule has 4 heteroatoms. The maximum Gasteiger partial charge on any atom is 0.191 e. The maximum absolute atomic E-state index is 4.38. The number of aryl methyl sites for hydroxylation is 1. The van der Waals surface area contributed by atoms with Gasteiger partial charge in [-0.25, -0.2) is 0 Å². The van der Waals surface area contributed by atoms with Crippen LogP contribution in [0.4, 0.5) is 0 Å². The van der Waals surface area contributed by atoms with Crippen LogP contribution in [0.2, 0.25) is 0 Å². The lowest BCUT2D eigenvalue weighted by Gasteiger charge is -2.11. The summed E-state index contributed by atoms with van der Waals surface area (Å²) in [6.07, 6.45) is 1.11. The number of nitrogens with zero attached hydrogens (tertiary/aromatic N) is 3. The minimum atomic E-state index is 0.418. The summed E-state index contributed by atoms with van der Waals surface area (Å²) in [4.78, 5) is 0. The van der Waals surface area contributed by atoms with Gasteiger partial charge in [0.2, 0.25) is 0 Å². The SMILES string of the molecule is CCCn1c(SCc2ccccc2C)nnc1C(C)C. The van der Waals surface area contributed by atoms with Crippen LogP contribution in [-0.2, 0) is 12.3 Å². The number of thioether (sulfide) groups is 1. The van der Waals surface area contributed by atoms with Crippen molar-refractivity contribution in [2.24, 2.45) is 0 Å². The van der Waals surface area contributed by atoms with Crippen molar-refractivity contribution in [2.75, 3.05) is 0 Å². The highest BCUT2D eigenvalue weighted by Crippen LogP contribution is 2.25. The molecule has 2 aromatic rings.